The second kappa shape index (κ2) is 10.3. The number of carbonyl (C=O) groups is 1. The van der Waals surface area contributed by atoms with Crippen molar-refractivity contribution in [1.82, 2.24) is 20.1 Å². The Morgan fingerprint density at radius 2 is 2.04 bits per heavy atom. The smallest absolute Gasteiger partial charge is 0.270 e. The van der Waals surface area contributed by atoms with E-state index in [9.17, 15) is 4.79 Å². The number of amides is 1. The molecule has 0 radical (unpaired) electrons. The molecule has 1 N–H and O–H groups in total. The van der Waals surface area contributed by atoms with E-state index >= 15 is 0 Å². The van der Waals surface area contributed by atoms with E-state index in [1.54, 1.807) is 6.20 Å². The van der Waals surface area contributed by atoms with Gasteiger partial charge < -0.3 is 15.0 Å². The highest BCUT2D eigenvalue weighted by atomic mass is 16.5. The number of carbonyl (C=O) groups excluding carboxylic acids is 1. The molecule has 0 aliphatic carbocycles. The van der Waals surface area contributed by atoms with Gasteiger partial charge in [0.25, 0.3) is 5.91 Å². The van der Waals surface area contributed by atoms with E-state index in [1.165, 1.54) is 5.56 Å². The molecule has 0 saturated carbocycles. The van der Waals surface area contributed by atoms with Crippen molar-refractivity contribution in [3.63, 3.8) is 0 Å². The SMILES string of the molecule is CN(C)Cc1cccc(-c2cccnc2C(=O)NCCCN2CCOCC2)c1. The predicted octanol–water partition coefficient (Wildman–Crippen LogP) is 2.26. The molecule has 1 saturated heterocycles. The molecule has 6 heteroatoms. The molecule has 0 unspecified atom stereocenters. The molecule has 6 nitrogen and oxygen atoms in total. The first-order chi connectivity index (χ1) is 13.6. The Morgan fingerprint density at radius 1 is 1.21 bits per heavy atom. The van der Waals surface area contributed by atoms with Crippen LogP contribution in [0.5, 0.6) is 0 Å². The van der Waals surface area contributed by atoms with Crippen molar-refractivity contribution >= 4 is 5.91 Å². The van der Waals surface area contributed by atoms with Crippen LogP contribution in [-0.2, 0) is 11.3 Å². The summed E-state index contributed by atoms with van der Waals surface area (Å²) in [6, 6.07) is 12.1. The predicted molar refractivity (Wildman–Crippen MR) is 111 cm³/mol. The molecule has 1 amide bonds. The van der Waals surface area contributed by atoms with Crippen molar-refractivity contribution < 1.29 is 9.53 Å². The molecule has 0 spiro atoms. The second-order valence-electron chi connectivity index (χ2n) is 7.40. The normalized spacial score (nSPS) is 15.0. The fraction of sp³-hybridized carbons (Fsp3) is 0.455. The fourth-order valence-corrected chi connectivity index (χ4v) is 3.43. The molecule has 0 atom stereocenters. The maximum Gasteiger partial charge on any atom is 0.270 e. The number of nitrogens with zero attached hydrogens (tertiary/aromatic N) is 3. The van der Waals surface area contributed by atoms with Crippen molar-refractivity contribution in [2.24, 2.45) is 0 Å². The van der Waals surface area contributed by atoms with Gasteiger partial charge in [-0.1, -0.05) is 24.3 Å². The standard InChI is InChI=1S/C22H30N4O2/c1-25(2)17-18-6-3-7-19(16-18)20-8-4-9-23-21(20)22(27)24-10-5-11-26-12-14-28-15-13-26/h3-4,6-9,16H,5,10-15,17H2,1-2H3,(H,24,27). The molecular formula is C22H30N4O2. The number of hydrogen-bond acceptors (Lipinski definition) is 5. The van der Waals surface area contributed by atoms with Gasteiger partial charge in [0.05, 0.1) is 13.2 Å². The van der Waals surface area contributed by atoms with Crippen LogP contribution in [0.1, 0.15) is 22.5 Å². The number of morpholine rings is 1. The topological polar surface area (TPSA) is 57.7 Å². The van der Waals surface area contributed by atoms with Crippen molar-refractivity contribution in [2.75, 3.05) is 53.5 Å². The average Bonchev–Trinajstić information content (AvgIpc) is 2.71. The van der Waals surface area contributed by atoms with Crippen molar-refractivity contribution in [3.05, 3.63) is 53.9 Å². The second-order valence-corrected chi connectivity index (χ2v) is 7.40. The Hall–Kier alpha value is -2.28. The number of hydrogen-bond donors (Lipinski definition) is 1. The lowest BCUT2D eigenvalue weighted by atomic mass is 10.0. The molecule has 1 aliphatic rings. The number of ether oxygens (including phenoxy) is 1. The van der Waals surface area contributed by atoms with E-state index in [-0.39, 0.29) is 5.91 Å². The minimum atomic E-state index is -0.115. The van der Waals surface area contributed by atoms with Gasteiger partial charge in [0.15, 0.2) is 0 Å². The lowest BCUT2D eigenvalue weighted by molar-refractivity contribution is 0.0374. The van der Waals surface area contributed by atoms with Gasteiger partial charge in [-0.05, 0) is 50.3 Å². The van der Waals surface area contributed by atoms with Crippen LogP contribution < -0.4 is 5.32 Å². The third-order valence-corrected chi connectivity index (χ3v) is 4.80. The molecule has 150 valence electrons. The number of nitrogens with one attached hydrogen (secondary N) is 1. The molecule has 3 rings (SSSR count). The van der Waals surface area contributed by atoms with Gasteiger partial charge in [0, 0.05) is 37.9 Å². The van der Waals surface area contributed by atoms with E-state index in [0.717, 1.165) is 56.9 Å². The first-order valence-corrected chi connectivity index (χ1v) is 9.91. The minimum absolute atomic E-state index is 0.115. The van der Waals surface area contributed by atoms with Crippen molar-refractivity contribution in [2.45, 2.75) is 13.0 Å². The Bertz CT molecular complexity index is 773. The molecule has 28 heavy (non-hydrogen) atoms. The van der Waals surface area contributed by atoms with Gasteiger partial charge in [0.2, 0.25) is 0 Å². The summed E-state index contributed by atoms with van der Waals surface area (Å²) < 4.78 is 5.36. The Morgan fingerprint density at radius 3 is 2.82 bits per heavy atom. The van der Waals surface area contributed by atoms with E-state index in [4.69, 9.17) is 4.74 Å². The third kappa shape index (κ3) is 5.86. The summed E-state index contributed by atoms with van der Waals surface area (Å²) in [6.45, 7) is 6.03. The van der Waals surface area contributed by atoms with Crippen LogP contribution in [0.4, 0.5) is 0 Å². The molecule has 1 fully saturated rings. The first-order valence-electron chi connectivity index (χ1n) is 9.91. The van der Waals surface area contributed by atoms with Crippen LogP contribution in [0.25, 0.3) is 11.1 Å². The first kappa shape index (κ1) is 20.5. The molecule has 1 aliphatic heterocycles. The lowest BCUT2D eigenvalue weighted by Gasteiger charge is -2.26. The Kier molecular flexibility index (Phi) is 7.54. The minimum Gasteiger partial charge on any atom is -0.379 e. The summed E-state index contributed by atoms with van der Waals surface area (Å²) in [7, 11) is 4.10. The quantitative estimate of drug-likeness (QED) is 0.710. The highest BCUT2D eigenvalue weighted by Gasteiger charge is 2.15. The number of pyridine rings is 1. The van der Waals surface area contributed by atoms with E-state index in [0.29, 0.717) is 12.2 Å². The monoisotopic (exact) mass is 382 g/mol. The van der Waals surface area contributed by atoms with E-state index in [1.807, 2.05) is 38.4 Å². The van der Waals surface area contributed by atoms with Gasteiger partial charge in [-0.15, -0.1) is 0 Å². The summed E-state index contributed by atoms with van der Waals surface area (Å²) in [5.41, 5.74) is 3.58. The maximum absolute atomic E-state index is 12.7. The summed E-state index contributed by atoms with van der Waals surface area (Å²) >= 11 is 0. The van der Waals surface area contributed by atoms with Crippen LogP contribution in [0, 0.1) is 0 Å². The number of aromatic nitrogens is 1. The third-order valence-electron chi connectivity index (χ3n) is 4.80. The van der Waals surface area contributed by atoms with Crippen LogP contribution in [-0.4, -0.2) is 74.2 Å². The highest BCUT2D eigenvalue weighted by molar-refractivity contribution is 5.98. The maximum atomic E-state index is 12.7. The summed E-state index contributed by atoms with van der Waals surface area (Å²) in [5, 5.41) is 3.03. The highest BCUT2D eigenvalue weighted by Crippen LogP contribution is 2.23. The molecule has 1 aromatic carbocycles. The van der Waals surface area contributed by atoms with Crippen LogP contribution in [0.2, 0.25) is 0 Å². The molecule has 2 heterocycles. The zero-order valence-corrected chi connectivity index (χ0v) is 16.9. The average molecular weight is 383 g/mol. The van der Waals surface area contributed by atoms with Crippen LogP contribution in [0.15, 0.2) is 42.6 Å². The number of rotatable bonds is 8. The van der Waals surface area contributed by atoms with Crippen LogP contribution >= 0.6 is 0 Å². The summed E-state index contributed by atoms with van der Waals surface area (Å²) in [6.07, 6.45) is 2.60. The van der Waals surface area contributed by atoms with Crippen molar-refractivity contribution in [3.8, 4) is 11.1 Å². The van der Waals surface area contributed by atoms with E-state index < -0.39 is 0 Å². The van der Waals surface area contributed by atoms with Crippen LogP contribution in [0.3, 0.4) is 0 Å². The molecule has 1 aromatic heterocycles. The van der Waals surface area contributed by atoms with Gasteiger partial charge in [0.1, 0.15) is 5.69 Å². The summed E-state index contributed by atoms with van der Waals surface area (Å²) in [4.78, 5) is 21.6. The van der Waals surface area contributed by atoms with Gasteiger partial charge in [-0.2, -0.15) is 0 Å². The van der Waals surface area contributed by atoms with E-state index in [2.05, 4.69) is 32.2 Å². The molecular weight excluding hydrogens is 352 g/mol. The zero-order chi connectivity index (χ0) is 19.8. The van der Waals surface area contributed by atoms with Gasteiger partial charge in [-0.25, -0.2) is 0 Å². The Labute approximate surface area is 167 Å². The zero-order valence-electron chi connectivity index (χ0n) is 16.9. The molecule has 2 aromatic rings. The van der Waals surface area contributed by atoms with Crippen molar-refractivity contribution in [1.29, 1.82) is 0 Å². The Balaban J connectivity index is 1.62. The fourth-order valence-electron chi connectivity index (χ4n) is 3.43. The lowest BCUT2D eigenvalue weighted by Crippen LogP contribution is -2.38. The number of benzene rings is 1. The summed E-state index contributed by atoms with van der Waals surface area (Å²) in [5.74, 6) is -0.115. The van der Waals surface area contributed by atoms with Gasteiger partial charge in [-0.3, -0.25) is 14.7 Å². The molecule has 0 bridgehead atoms. The van der Waals surface area contributed by atoms with Gasteiger partial charge >= 0.3 is 0 Å². The largest absolute Gasteiger partial charge is 0.379 e.